The van der Waals surface area contributed by atoms with Gasteiger partial charge in [-0.2, -0.15) is 0 Å². The average Bonchev–Trinajstić information content (AvgIpc) is 2.80. The quantitative estimate of drug-likeness (QED) is 0.0711. The topological polar surface area (TPSA) is 111 Å². The Hall–Kier alpha value is 2.73. The minimum atomic E-state index is -4.29. The summed E-state index contributed by atoms with van der Waals surface area (Å²) < 4.78 is 90.8. The van der Waals surface area contributed by atoms with E-state index in [2.05, 4.69) is 182 Å². The van der Waals surface area contributed by atoms with E-state index in [9.17, 15) is 0 Å². The minimum absolute atomic E-state index is 1.76. The summed E-state index contributed by atoms with van der Waals surface area (Å²) in [4.78, 5) is 0. The van der Waals surface area contributed by atoms with Gasteiger partial charge in [0.15, 0.2) is 74.9 Å². The second-order valence-electron chi connectivity index (χ2n) is 23.5. The molecule has 342 valence electrons. The van der Waals surface area contributed by atoms with Crippen molar-refractivity contribution in [2.24, 2.45) is 0 Å². The van der Waals surface area contributed by atoms with Gasteiger partial charge < -0.3 is 49.4 Å². The van der Waals surface area contributed by atoms with E-state index in [0.29, 0.717) is 0 Å². The fourth-order valence-electron chi connectivity index (χ4n) is 5.27. The Morgan fingerprint density at radius 1 is 0.263 bits per heavy atom. The van der Waals surface area contributed by atoms with Crippen molar-refractivity contribution in [2.75, 3.05) is 0 Å². The van der Waals surface area contributed by atoms with E-state index < -0.39 is 136 Å². The molecule has 0 saturated heterocycles. The molecule has 0 N–H and O–H groups in total. The first-order valence-corrected chi connectivity index (χ1v) is 64.7. The van der Waals surface area contributed by atoms with E-state index in [1.165, 1.54) is 0 Å². The van der Waals surface area contributed by atoms with Gasteiger partial charge in [0.2, 0.25) is 0 Å². The second-order valence-corrected chi connectivity index (χ2v) is 96.6. The number of hydrogen-bond acceptors (Lipinski definition) is 12. The zero-order valence-corrected chi connectivity index (χ0v) is 59.0. The molecular weight excluding hydrogens is 990 g/mol. The van der Waals surface area contributed by atoms with Crippen molar-refractivity contribution >= 4 is 136 Å². The fraction of sp³-hybridized carbons (Fsp3) is 0.931. The van der Waals surface area contributed by atoms with Gasteiger partial charge in [0, 0.05) is 0 Å². The van der Waals surface area contributed by atoms with E-state index in [1.54, 1.807) is 0 Å². The molecule has 28 heteroatoms. The molecule has 0 radical (unpaired) electrons. The first-order valence-electron chi connectivity index (χ1n) is 20.4. The summed E-state index contributed by atoms with van der Waals surface area (Å²) in [5.74, 6) is 0. The Morgan fingerprint density at radius 3 is 0.526 bits per heavy atom. The standard InChI is InChI=1S/C29H90O12Si16/c1-29-54(55(36-48(11,12)13,37-49(14,15)16)33-42-30-45(2,3)4,56(38-50(17,18)19,39-51(20,21)22)34-43-31-46(5,6)7)57(40-52(23,24)25,41-53(26,27)28)35-44-32-47(8,9)10/h29H,1,42-44H2,2-28H3. The van der Waals surface area contributed by atoms with Crippen LogP contribution in [0.4, 0.5) is 0 Å². The normalized spacial score (nSPS) is 17.2. The molecule has 0 fully saturated rings. The third kappa shape index (κ3) is 22.0. The van der Waals surface area contributed by atoms with Gasteiger partial charge in [-0.1, -0.05) is 5.70 Å². The van der Waals surface area contributed by atoms with E-state index >= 15 is 0 Å². The van der Waals surface area contributed by atoms with Crippen LogP contribution in [0.1, 0.15) is 0 Å². The molecule has 0 aromatic rings. The van der Waals surface area contributed by atoms with Crippen molar-refractivity contribution in [2.45, 2.75) is 177 Å². The lowest BCUT2D eigenvalue weighted by molar-refractivity contribution is 0.243. The third-order valence-corrected chi connectivity index (χ3v) is 85.5. The van der Waals surface area contributed by atoms with Crippen LogP contribution in [0.3, 0.4) is 0 Å². The molecule has 12 nitrogen and oxygen atoms in total. The minimum Gasteiger partial charge on any atom is -0.441 e. The lowest BCUT2D eigenvalue weighted by Crippen LogP contribution is -2.98. The Bertz CT molecular complexity index is 1060. The van der Waals surface area contributed by atoms with Gasteiger partial charge in [-0.3, -0.25) is 0 Å². The Morgan fingerprint density at radius 2 is 0.421 bits per heavy atom. The molecule has 0 unspecified atom stereocenters. The van der Waals surface area contributed by atoms with Crippen molar-refractivity contribution in [1.29, 1.82) is 0 Å². The maximum atomic E-state index is 7.88. The van der Waals surface area contributed by atoms with Crippen molar-refractivity contribution in [3.05, 3.63) is 12.3 Å². The van der Waals surface area contributed by atoms with Crippen LogP contribution in [0, 0.1) is 0 Å². The molecular formula is C29H90O12Si16. The van der Waals surface area contributed by atoms with Crippen LogP contribution in [-0.2, 0) is 49.4 Å². The zero-order valence-electron chi connectivity index (χ0n) is 41.8. The van der Waals surface area contributed by atoms with Crippen molar-refractivity contribution in [3.63, 3.8) is 0 Å². The molecule has 0 aliphatic rings. The largest absolute Gasteiger partial charge is 0.457 e. The molecule has 0 aromatic heterocycles. The number of rotatable bonds is 28. The van der Waals surface area contributed by atoms with Gasteiger partial charge >= 0.3 is 31.6 Å². The molecule has 0 spiro atoms. The average molecular weight is 1080 g/mol. The Labute approximate surface area is 372 Å². The summed E-state index contributed by atoms with van der Waals surface area (Å²) in [5, 5.41) is 0. The van der Waals surface area contributed by atoms with E-state index in [-0.39, 0.29) is 0 Å². The highest BCUT2D eigenvalue weighted by Gasteiger charge is 2.92. The maximum absolute atomic E-state index is 7.88. The fourth-order valence-corrected chi connectivity index (χ4v) is 125. The molecule has 0 saturated carbocycles. The molecule has 57 heavy (non-hydrogen) atoms. The van der Waals surface area contributed by atoms with Crippen molar-refractivity contribution < 1.29 is 49.4 Å². The maximum Gasteiger partial charge on any atom is 0.457 e. The summed E-state index contributed by atoms with van der Waals surface area (Å²) in [7, 11) is -39.9. The van der Waals surface area contributed by atoms with Crippen LogP contribution < -0.4 is 0 Å². The highest BCUT2D eigenvalue weighted by Crippen LogP contribution is 2.48. The van der Waals surface area contributed by atoms with Gasteiger partial charge in [0.1, 0.15) is 0 Å². The summed E-state index contributed by atoms with van der Waals surface area (Å²) >= 11 is 0. The van der Waals surface area contributed by atoms with Crippen LogP contribution in [0.15, 0.2) is 12.3 Å². The molecule has 0 rings (SSSR count). The summed E-state index contributed by atoms with van der Waals surface area (Å²) in [5.41, 5.74) is 2.06. The molecule has 0 heterocycles. The van der Waals surface area contributed by atoms with Gasteiger partial charge in [0.05, 0.1) is 0 Å². The van der Waals surface area contributed by atoms with E-state index in [1.807, 2.05) is 0 Å². The molecule has 0 bridgehead atoms. The van der Waals surface area contributed by atoms with Crippen LogP contribution in [0.2, 0.25) is 177 Å². The van der Waals surface area contributed by atoms with Crippen LogP contribution >= 0.6 is 0 Å². The van der Waals surface area contributed by atoms with Crippen LogP contribution in [-0.4, -0.2) is 136 Å². The van der Waals surface area contributed by atoms with Gasteiger partial charge in [0.25, 0.3) is 30.0 Å². The smallest absolute Gasteiger partial charge is 0.441 e. The predicted molar refractivity (Wildman–Crippen MR) is 282 cm³/mol. The highest BCUT2D eigenvalue weighted by atomic mass is 30.0. The first kappa shape index (κ1) is 59.7. The summed E-state index contributed by atoms with van der Waals surface area (Å²) in [6.07, 6.45) is 0. The lowest BCUT2D eigenvalue weighted by Gasteiger charge is -2.60. The second kappa shape index (κ2) is 20.9. The van der Waals surface area contributed by atoms with Crippen molar-refractivity contribution in [1.82, 2.24) is 0 Å². The number of hydrogen-bond donors (Lipinski definition) is 0. The van der Waals surface area contributed by atoms with Crippen molar-refractivity contribution in [3.8, 4) is 0 Å². The Kier molecular flexibility index (Phi) is 21.9. The van der Waals surface area contributed by atoms with Crippen LogP contribution in [0.25, 0.3) is 0 Å². The van der Waals surface area contributed by atoms with Gasteiger partial charge in [-0.15, -0.1) is 6.58 Å². The molecule has 0 aliphatic heterocycles. The van der Waals surface area contributed by atoms with E-state index in [0.717, 1.165) is 0 Å². The van der Waals surface area contributed by atoms with Gasteiger partial charge in [-0.05, 0) is 177 Å². The molecule has 0 aliphatic carbocycles. The zero-order chi connectivity index (χ0) is 45.8. The highest BCUT2D eigenvalue weighted by molar-refractivity contribution is 7.86. The monoisotopic (exact) mass is 1080 g/mol. The van der Waals surface area contributed by atoms with Crippen LogP contribution in [0.5, 0.6) is 0 Å². The SMILES string of the molecule is C=C[Si]([Si](O[SiH2]O[Si](C)(C)C)(O[Si](C)(C)C)O[Si](C)(C)C)([Si](O[SiH2]O[Si](C)(C)C)(O[Si](C)(C)C)O[Si](C)(C)C)[Si](O[SiH2]O[Si](C)(C)C)(O[Si](C)(C)C)O[Si](C)(C)C. The first-order chi connectivity index (χ1) is 24.7. The van der Waals surface area contributed by atoms with Gasteiger partial charge in [-0.25, -0.2) is 0 Å². The molecule has 0 atom stereocenters. The third-order valence-electron chi connectivity index (χ3n) is 6.62. The summed E-state index contributed by atoms with van der Waals surface area (Å²) in [6, 6.07) is 0. The molecule has 0 aromatic carbocycles. The Balaban J connectivity index is 10.0. The predicted octanol–water partition coefficient (Wildman–Crippen LogP) is 7.92. The lowest BCUT2D eigenvalue weighted by atomic mass is 11.3. The van der Waals surface area contributed by atoms with E-state index in [4.69, 9.17) is 56.0 Å². The molecule has 0 amide bonds. The summed E-state index contributed by atoms with van der Waals surface area (Å²) in [6.45, 7) is 60.0.